The first-order valence-corrected chi connectivity index (χ1v) is 10.3. The summed E-state index contributed by atoms with van der Waals surface area (Å²) in [6, 6.07) is 18.4. The van der Waals surface area contributed by atoms with E-state index in [0.717, 1.165) is 40.7 Å². The molecule has 1 aliphatic carbocycles. The van der Waals surface area contributed by atoms with E-state index in [4.69, 9.17) is 4.74 Å². The quantitative estimate of drug-likeness (QED) is 0.608. The molecule has 0 aliphatic heterocycles. The van der Waals surface area contributed by atoms with Crippen molar-refractivity contribution in [2.45, 2.75) is 36.2 Å². The summed E-state index contributed by atoms with van der Waals surface area (Å²) in [5.41, 5.74) is 3.00. The van der Waals surface area contributed by atoms with Crippen molar-refractivity contribution in [1.29, 1.82) is 0 Å². The fourth-order valence-electron chi connectivity index (χ4n) is 2.99. The second-order valence-electron chi connectivity index (χ2n) is 6.87. The van der Waals surface area contributed by atoms with E-state index in [1.54, 1.807) is 7.11 Å². The van der Waals surface area contributed by atoms with Gasteiger partial charge in [0.1, 0.15) is 5.75 Å². The Bertz CT molecular complexity index is 967. The maximum atomic E-state index is 12.4. The van der Waals surface area contributed by atoms with Crippen LogP contribution in [0.25, 0.3) is 16.9 Å². The molecule has 28 heavy (non-hydrogen) atoms. The van der Waals surface area contributed by atoms with Gasteiger partial charge in [-0.15, -0.1) is 0 Å². The van der Waals surface area contributed by atoms with Crippen molar-refractivity contribution in [3.05, 3.63) is 60.8 Å². The number of ether oxygens (including phenoxy) is 1. The average molecular weight is 394 g/mol. The van der Waals surface area contributed by atoms with Gasteiger partial charge in [-0.25, -0.2) is 4.98 Å². The Morgan fingerprint density at radius 3 is 2.71 bits per heavy atom. The summed E-state index contributed by atoms with van der Waals surface area (Å²) in [6.07, 6.45) is 4.03. The number of hydrogen-bond donors (Lipinski definition) is 1. The maximum absolute atomic E-state index is 12.4. The van der Waals surface area contributed by atoms with Gasteiger partial charge in [0.25, 0.3) is 0 Å². The van der Waals surface area contributed by atoms with Gasteiger partial charge in [0.05, 0.1) is 29.9 Å². The van der Waals surface area contributed by atoms with Gasteiger partial charge in [0, 0.05) is 17.7 Å². The zero-order chi connectivity index (χ0) is 19.5. The summed E-state index contributed by atoms with van der Waals surface area (Å²) >= 11 is 1.47. The lowest BCUT2D eigenvalue weighted by atomic mass is 10.1. The third-order valence-electron chi connectivity index (χ3n) is 4.69. The molecule has 1 aliphatic rings. The second kappa shape index (κ2) is 8.10. The number of hydrogen-bond acceptors (Lipinski definition) is 4. The van der Waals surface area contributed by atoms with Crippen LogP contribution >= 0.6 is 11.8 Å². The van der Waals surface area contributed by atoms with Crippen LogP contribution in [0.1, 0.15) is 19.8 Å². The van der Waals surface area contributed by atoms with Crippen molar-refractivity contribution in [1.82, 2.24) is 14.9 Å². The minimum Gasteiger partial charge on any atom is -0.497 e. The van der Waals surface area contributed by atoms with Gasteiger partial charge in [-0.1, -0.05) is 48.2 Å². The first kappa shape index (κ1) is 18.6. The molecule has 2 aromatic carbocycles. The van der Waals surface area contributed by atoms with Crippen molar-refractivity contribution >= 4 is 17.7 Å². The Kier molecular flexibility index (Phi) is 5.39. The van der Waals surface area contributed by atoms with Gasteiger partial charge in [-0.05, 0) is 31.9 Å². The van der Waals surface area contributed by atoms with E-state index in [2.05, 4.69) is 27.0 Å². The van der Waals surface area contributed by atoms with Crippen LogP contribution in [0, 0.1) is 0 Å². The van der Waals surface area contributed by atoms with Crippen molar-refractivity contribution in [3.8, 4) is 22.7 Å². The molecule has 1 saturated carbocycles. The SMILES string of the molecule is COc1cccc(-n2c(-c3ccccc3)cnc2SC(C)C(=O)NC2CC2)c1. The van der Waals surface area contributed by atoms with Crippen LogP contribution in [-0.2, 0) is 4.79 Å². The number of rotatable bonds is 7. The Labute approximate surface area is 169 Å². The summed E-state index contributed by atoms with van der Waals surface area (Å²) in [7, 11) is 1.66. The summed E-state index contributed by atoms with van der Waals surface area (Å²) in [5, 5.41) is 3.63. The molecule has 1 N–H and O–H groups in total. The lowest BCUT2D eigenvalue weighted by molar-refractivity contribution is -0.120. The lowest BCUT2D eigenvalue weighted by Crippen LogP contribution is -2.32. The van der Waals surface area contributed by atoms with E-state index in [9.17, 15) is 4.79 Å². The topological polar surface area (TPSA) is 56.2 Å². The molecule has 0 bridgehead atoms. The number of methoxy groups -OCH3 is 1. The van der Waals surface area contributed by atoms with Gasteiger partial charge in [-0.2, -0.15) is 0 Å². The largest absolute Gasteiger partial charge is 0.497 e. The van der Waals surface area contributed by atoms with E-state index in [1.165, 1.54) is 11.8 Å². The maximum Gasteiger partial charge on any atom is 0.233 e. The van der Waals surface area contributed by atoms with Gasteiger partial charge in [0.15, 0.2) is 5.16 Å². The average Bonchev–Trinajstić information content (AvgIpc) is 3.45. The summed E-state index contributed by atoms with van der Waals surface area (Å²) < 4.78 is 7.49. The number of carbonyl (C=O) groups excluding carboxylic acids is 1. The van der Waals surface area contributed by atoms with Gasteiger partial charge < -0.3 is 10.1 Å². The highest BCUT2D eigenvalue weighted by Crippen LogP contribution is 2.33. The number of carbonyl (C=O) groups is 1. The molecule has 1 atom stereocenters. The number of imidazole rings is 1. The van der Waals surface area contributed by atoms with Crippen LogP contribution in [-0.4, -0.2) is 33.9 Å². The zero-order valence-electron chi connectivity index (χ0n) is 16.0. The third-order valence-corrected chi connectivity index (χ3v) is 5.75. The first-order valence-electron chi connectivity index (χ1n) is 9.40. The van der Waals surface area contributed by atoms with Crippen LogP contribution in [0.5, 0.6) is 5.75 Å². The van der Waals surface area contributed by atoms with Crippen molar-refractivity contribution in [2.75, 3.05) is 7.11 Å². The molecular formula is C22H23N3O2S. The molecule has 144 valence electrons. The monoisotopic (exact) mass is 393 g/mol. The third kappa shape index (κ3) is 4.07. The van der Waals surface area contributed by atoms with Crippen LogP contribution in [0.15, 0.2) is 66.0 Å². The Morgan fingerprint density at radius 1 is 1.21 bits per heavy atom. The number of nitrogens with zero attached hydrogens (tertiary/aromatic N) is 2. The fraction of sp³-hybridized carbons (Fsp3) is 0.273. The predicted molar refractivity (Wildman–Crippen MR) is 112 cm³/mol. The molecule has 1 unspecified atom stereocenters. The highest BCUT2D eigenvalue weighted by molar-refractivity contribution is 8.00. The van der Waals surface area contributed by atoms with E-state index in [0.29, 0.717) is 6.04 Å². The molecular weight excluding hydrogens is 370 g/mol. The van der Waals surface area contributed by atoms with Crippen LogP contribution in [0.3, 0.4) is 0 Å². The normalized spacial score (nSPS) is 14.5. The molecule has 1 fully saturated rings. The van der Waals surface area contributed by atoms with Gasteiger partial charge in [0.2, 0.25) is 5.91 Å². The second-order valence-corrected chi connectivity index (χ2v) is 8.18. The molecule has 1 heterocycles. The van der Waals surface area contributed by atoms with E-state index >= 15 is 0 Å². The molecule has 0 spiro atoms. The molecule has 1 amide bonds. The number of aromatic nitrogens is 2. The minimum absolute atomic E-state index is 0.0638. The van der Waals surface area contributed by atoms with Crippen LogP contribution in [0.2, 0.25) is 0 Å². The molecule has 1 aromatic heterocycles. The summed E-state index contributed by atoms with van der Waals surface area (Å²) in [4.78, 5) is 17.1. The standard InChI is InChI=1S/C22H23N3O2S/c1-15(21(26)24-17-11-12-17)28-22-23-14-20(16-7-4-3-5-8-16)25(22)18-9-6-10-19(13-18)27-2/h3-10,13-15,17H,11-12H2,1-2H3,(H,24,26). The summed E-state index contributed by atoms with van der Waals surface area (Å²) in [6.45, 7) is 1.93. The molecule has 0 radical (unpaired) electrons. The van der Waals surface area contributed by atoms with Crippen LogP contribution in [0.4, 0.5) is 0 Å². The van der Waals surface area contributed by atoms with Gasteiger partial charge in [-0.3, -0.25) is 9.36 Å². The Hall–Kier alpha value is -2.73. The van der Waals surface area contributed by atoms with E-state index in [1.807, 2.05) is 55.6 Å². The van der Waals surface area contributed by atoms with E-state index < -0.39 is 0 Å². The van der Waals surface area contributed by atoms with E-state index in [-0.39, 0.29) is 11.2 Å². The smallest absolute Gasteiger partial charge is 0.233 e. The van der Waals surface area contributed by atoms with Gasteiger partial charge >= 0.3 is 0 Å². The molecule has 4 rings (SSSR count). The first-order chi connectivity index (χ1) is 13.7. The van der Waals surface area contributed by atoms with Crippen molar-refractivity contribution in [3.63, 3.8) is 0 Å². The fourth-order valence-corrected chi connectivity index (χ4v) is 3.90. The van der Waals surface area contributed by atoms with Crippen molar-refractivity contribution < 1.29 is 9.53 Å². The highest BCUT2D eigenvalue weighted by atomic mass is 32.2. The van der Waals surface area contributed by atoms with Crippen LogP contribution < -0.4 is 10.1 Å². The minimum atomic E-state index is -0.226. The number of nitrogens with one attached hydrogen (secondary N) is 1. The Balaban J connectivity index is 1.71. The number of amides is 1. The molecule has 5 nitrogen and oxygen atoms in total. The molecule has 0 saturated heterocycles. The predicted octanol–water partition coefficient (Wildman–Crippen LogP) is 4.31. The molecule has 6 heteroatoms. The Morgan fingerprint density at radius 2 is 2.00 bits per heavy atom. The lowest BCUT2D eigenvalue weighted by Gasteiger charge is -2.15. The van der Waals surface area contributed by atoms with Crippen molar-refractivity contribution in [2.24, 2.45) is 0 Å². The zero-order valence-corrected chi connectivity index (χ0v) is 16.8. The molecule has 3 aromatic rings. The number of thioether (sulfide) groups is 1. The number of benzene rings is 2. The highest BCUT2D eigenvalue weighted by Gasteiger charge is 2.27. The summed E-state index contributed by atoms with van der Waals surface area (Å²) in [5.74, 6) is 0.842.